The van der Waals surface area contributed by atoms with Crippen molar-refractivity contribution in [1.29, 1.82) is 0 Å². The number of pyridine rings is 1. The Balaban J connectivity index is 2.69. The second-order valence-corrected chi connectivity index (χ2v) is 4.09. The molecule has 1 aromatic heterocycles. The molecule has 16 heavy (non-hydrogen) atoms. The zero-order valence-electron chi connectivity index (χ0n) is 8.70. The van der Waals surface area contributed by atoms with Crippen LogP contribution < -0.4 is 0 Å². The number of carboxylic acid groups (broad SMARTS) is 1. The van der Waals surface area contributed by atoms with Gasteiger partial charge in [-0.25, -0.2) is 0 Å². The molecule has 3 nitrogen and oxygen atoms in total. The van der Waals surface area contributed by atoms with Gasteiger partial charge in [-0.15, -0.1) is 0 Å². The molecular formula is C12H10ClNO2. The maximum atomic E-state index is 10.8. The predicted octanol–water partition coefficient (Wildman–Crippen LogP) is 2.82. The summed E-state index contributed by atoms with van der Waals surface area (Å²) in [4.78, 5) is 15.1. The first-order valence-electron chi connectivity index (χ1n) is 4.84. The van der Waals surface area contributed by atoms with Gasteiger partial charge in [-0.05, 0) is 36.8 Å². The molecule has 0 aliphatic rings. The van der Waals surface area contributed by atoms with Crippen molar-refractivity contribution in [2.75, 3.05) is 0 Å². The Morgan fingerprint density at radius 1 is 1.44 bits per heavy atom. The van der Waals surface area contributed by atoms with E-state index in [0.29, 0.717) is 5.02 Å². The molecule has 0 saturated carbocycles. The zero-order valence-corrected chi connectivity index (χ0v) is 9.45. The Morgan fingerprint density at radius 2 is 2.19 bits per heavy atom. The summed E-state index contributed by atoms with van der Waals surface area (Å²) in [6.07, 6.45) is -0.0137. The van der Waals surface area contributed by atoms with Crippen molar-refractivity contribution in [2.24, 2.45) is 0 Å². The topological polar surface area (TPSA) is 50.2 Å². The third-order valence-electron chi connectivity index (χ3n) is 2.33. The largest absolute Gasteiger partial charge is 0.481 e. The van der Waals surface area contributed by atoms with Crippen molar-refractivity contribution in [2.45, 2.75) is 13.3 Å². The molecular weight excluding hydrogens is 226 g/mol. The Kier molecular flexibility index (Phi) is 2.79. The van der Waals surface area contributed by atoms with E-state index in [9.17, 15) is 4.79 Å². The summed E-state index contributed by atoms with van der Waals surface area (Å²) in [5.41, 5.74) is 2.34. The van der Waals surface area contributed by atoms with Crippen molar-refractivity contribution >= 4 is 28.5 Å². The van der Waals surface area contributed by atoms with Crippen LogP contribution in [0.25, 0.3) is 10.9 Å². The van der Waals surface area contributed by atoms with E-state index in [-0.39, 0.29) is 6.42 Å². The molecule has 0 saturated heterocycles. The van der Waals surface area contributed by atoms with Crippen LogP contribution in [0.5, 0.6) is 0 Å². The molecule has 82 valence electrons. The number of carbonyl (C=O) groups is 1. The zero-order chi connectivity index (χ0) is 11.7. The number of hydrogen-bond acceptors (Lipinski definition) is 2. The van der Waals surface area contributed by atoms with Crippen molar-refractivity contribution < 1.29 is 9.90 Å². The van der Waals surface area contributed by atoms with E-state index in [2.05, 4.69) is 4.98 Å². The number of aromatic nitrogens is 1. The molecule has 0 radical (unpaired) electrons. The van der Waals surface area contributed by atoms with Gasteiger partial charge in [-0.2, -0.15) is 0 Å². The quantitative estimate of drug-likeness (QED) is 0.871. The number of carboxylic acids is 1. The average Bonchev–Trinajstić information content (AvgIpc) is 2.18. The molecule has 0 aliphatic carbocycles. The average molecular weight is 236 g/mol. The van der Waals surface area contributed by atoms with Crippen LogP contribution >= 0.6 is 11.6 Å². The molecule has 0 spiro atoms. The van der Waals surface area contributed by atoms with Gasteiger partial charge < -0.3 is 5.11 Å². The lowest BCUT2D eigenvalue weighted by atomic mass is 10.1. The SMILES string of the molecule is Cc1cc(CC(=O)O)c2cc(Cl)ccc2n1. The van der Waals surface area contributed by atoms with Gasteiger partial charge in [0.05, 0.1) is 11.9 Å². The summed E-state index contributed by atoms with van der Waals surface area (Å²) < 4.78 is 0. The Labute approximate surface area is 97.7 Å². The molecule has 2 aromatic rings. The van der Waals surface area contributed by atoms with Gasteiger partial charge in [0.2, 0.25) is 0 Å². The Bertz CT molecular complexity index is 566. The van der Waals surface area contributed by atoms with Crippen LogP contribution in [-0.4, -0.2) is 16.1 Å². The van der Waals surface area contributed by atoms with Gasteiger partial charge in [0.1, 0.15) is 0 Å². The van der Waals surface area contributed by atoms with E-state index >= 15 is 0 Å². The maximum absolute atomic E-state index is 10.8. The number of rotatable bonds is 2. The summed E-state index contributed by atoms with van der Waals surface area (Å²) in [5, 5.41) is 10.2. The monoisotopic (exact) mass is 235 g/mol. The molecule has 0 fully saturated rings. The van der Waals surface area contributed by atoms with Crippen molar-refractivity contribution in [3.8, 4) is 0 Å². The van der Waals surface area contributed by atoms with E-state index < -0.39 is 5.97 Å². The molecule has 4 heteroatoms. The second-order valence-electron chi connectivity index (χ2n) is 3.65. The van der Waals surface area contributed by atoms with Crippen LogP contribution in [0, 0.1) is 6.92 Å². The molecule has 1 aromatic carbocycles. The molecule has 0 atom stereocenters. The maximum Gasteiger partial charge on any atom is 0.307 e. The molecule has 2 rings (SSSR count). The van der Waals surface area contributed by atoms with Crippen molar-refractivity contribution in [1.82, 2.24) is 4.98 Å². The smallest absolute Gasteiger partial charge is 0.307 e. The van der Waals surface area contributed by atoms with Crippen LogP contribution in [0.3, 0.4) is 0 Å². The number of aryl methyl sites for hydroxylation is 1. The van der Waals surface area contributed by atoms with Gasteiger partial charge in [-0.1, -0.05) is 11.6 Å². The van der Waals surface area contributed by atoms with E-state index in [0.717, 1.165) is 22.2 Å². The lowest BCUT2D eigenvalue weighted by molar-refractivity contribution is -0.136. The fourth-order valence-corrected chi connectivity index (χ4v) is 1.90. The number of benzene rings is 1. The van der Waals surface area contributed by atoms with Crippen LogP contribution in [0.15, 0.2) is 24.3 Å². The summed E-state index contributed by atoms with van der Waals surface area (Å²) in [7, 11) is 0. The van der Waals surface area contributed by atoms with Gasteiger partial charge in [0.25, 0.3) is 0 Å². The highest BCUT2D eigenvalue weighted by molar-refractivity contribution is 6.31. The fourth-order valence-electron chi connectivity index (χ4n) is 1.72. The minimum atomic E-state index is -0.855. The third-order valence-corrected chi connectivity index (χ3v) is 2.56. The standard InChI is InChI=1S/C12H10ClNO2/c1-7-4-8(5-12(15)16)10-6-9(13)2-3-11(10)14-7/h2-4,6H,5H2,1H3,(H,15,16). The second kappa shape index (κ2) is 4.10. The fraction of sp³-hybridized carbons (Fsp3) is 0.167. The van der Waals surface area contributed by atoms with Crippen LogP contribution in [0.1, 0.15) is 11.3 Å². The van der Waals surface area contributed by atoms with Crippen LogP contribution in [0.2, 0.25) is 5.02 Å². The molecule has 1 heterocycles. The first-order valence-corrected chi connectivity index (χ1v) is 5.21. The van der Waals surface area contributed by atoms with Crippen LogP contribution in [0.4, 0.5) is 0 Å². The highest BCUT2D eigenvalue weighted by Crippen LogP contribution is 2.22. The number of aliphatic carboxylic acids is 1. The highest BCUT2D eigenvalue weighted by atomic mass is 35.5. The van der Waals surface area contributed by atoms with E-state index in [1.54, 1.807) is 24.3 Å². The van der Waals surface area contributed by atoms with Gasteiger partial charge in [-0.3, -0.25) is 9.78 Å². The predicted molar refractivity (Wildman–Crippen MR) is 62.8 cm³/mol. The summed E-state index contributed by atoms with van der Waals surface area (Å²) in [6.45, 7) is 1.85. The Morgan fingerprint density at radius 3 is 2.88 bits per heavy atom. The Hall–Kier alpha value is -1.61. The summed E-state index contributed by atoms with van der Waals surface area (Å²) >= 11 is 5.89. The number of hydrogen-bond donors (Lipinski definition) is 1. The molecule has 0 amide bonds. The van der Waals surface area contributed by atoms with Gasteiger partial charge in [0, 0.05) is 16.1 Å². The lowest BCUT2D eigenvalue weighted by Crippen LogP contribution is -2.02. The molecule has 0 bridgehead atoms. The van der Waals surface area contributed by atoms with Gasteiger partial charge in [0.15, 0.2) is 0 Å². The number of fused-ring (bicyclic) bond motifs is 1. The van der Waals surface area contributed by atoms with Crippen molar-refractivity contribution in [3.05, 3.63) is 40.5 Å². The molecule has 0 unspecified atom stereocenters. The number of nitrogens with zero attached hydrogens (tertiary/aromatic N) is 1. The third kappa shape index (κ3) is 2.14. The summed E-state index contributed by atoms with van der Waals surface area (Å²) in [6, 6.07) is 7.09. The molecule has 1 N–H and O–H groups in total. The van der Waals surface area contributed by atoms with E-state index in [4.69, 9.17) is 16.7 Å². The highest BCUT2D eigenvalue weighted by Gasteiger charge is 2.08. The van der Waals surface area contributed by atoms with E-state index in [1.165, 1.54) is 0 Å². The van der Waals surface area contributed by atoms with Gasteiger partial charge >= 0.3 is 5.97 Å². The minimum Gasteiger partial charge on any atom is -0.481 e. The van der Waals surface area contributed by atoms with Crippen molar-refractivity contribution in [3.63, 3.8) is 0 Å². The van der Waals surface area contributed by atoms with Crippen LogP contribution in [-0.2, 0) is 11.2 Å². The first-order chi connectivity index (χ1) is 7.56. The summed E-state index contributed by atoms with van der Waals surface area (Å²) in [5.74, 6) is -0.855. The minimum absolute atomic E-state index is 0.0137. The number of halogens is 1. The van der Waals surface area contributed by atoms with E-state index in [1.807, 2.05) is 6.92 Å². The molecule has 0 aliphatic heterocycles. The first kappa shape index (κ1) is 10.9. The lowest BCUT2D eigenvalue weighted by Gasteiger charge is -2.06. The normalized spacial score (nSPS) is 10.6.